The van der Waals surface area contributed by atoms with Crippen molar-refractivity contribution in [3.8, 4) is 0 Å². The van der Waals surface area contributed by atoms with Crippen LogP contribution >= 0.6 is 0 Å². The number of hydrogen-bond acceptors (Lipinski definition) is 4. The Labute approximate surface area is 48.1 Å². The van der Waals surface area contributed by atoms with Crippen molar-refractivity contribution in [2.45, 2.75) is 25.3 Å². The first-order valence-corrected chi connectivity index (χ1v) is 2.36. The van der Waals surface area contributed by atoms with Gasteiger partial charge in [-0.05, 0) is 6.92 Å². The molecule has 0 aromatic heterocycles. The third kappa shape index (κ3) is 5.84. The summed E-state index contributed by atoms with van der Waals surface area (Å²) in [5.74, 6) is 0. The van der Waals surface area contributed by atoms with Gasteiger partial charge in [-0.3, -0.25) is 0 Å². The summed E-state index contributed by atoms with van der Waals surface area (Å²) in [6, 6.07) is 0. The van der Waals surface area contributed by atoms with E-state index in [0.717, 1.165) is 0 Å². The zero-order valence-electron chi connectivity index (χ0n) is 4.83. The SMILES string of the molecule is CC(N)(N)CC(O)O. The van der Waals surface area contributed by atoms with Crippen molar-refractivity contribution in [1.29, 1.82) is 0 Å². The van der Waals surface area contributed by atoms with Crippen molar-refractivity contribution in [3.05, 3.63) is 0 Å². The highest BCUT2D eigenvalue weighted by molar-refractivity contribution is 4.69. The topological polar surface area (TPSA) is 92.5 Å². The van der Waals surface area contributed by atoms with Crippen molar-refractivity contribution in [1.82, 2.24) is 0 Å². The Kier molecular flexibility index (Phi) is 2.36. The third-order valence-electron chi connectivity index (χ3n) is 0.622. The summed E-state index contributed by atoms with van der Waals surface area (Å²) in [4.78, 5) is 0. The van der Waals surface area contributed by atoms with Gasteiger partial charge in [0, 0.05) is 6.42 Å². The van der Waals surface area contributed by atoms with Gasteiger partial charge in [-0.1, -0.05) is 0 Å². The van der Waals surface area contributed by atoms with E-state index < -0.39 is 12.0 Å². The molecule has 0 aliphatic heterocycles. The molecule has 0 aliphatic carbocycles. The zero-order chi connectivity index (χ0) is 6.78. The lowest BCUT2D eigenvalue weighted by atomic mass is 10.1. The van der Waals surface area contributed by atoms with Gasteiger partial charge < -0.3 is 21.7 Å². The lowest BCUT2D eigenvalue weighted by molar-refractivity contribution is -0.0572. The van der Waals surface area contributed by atoms with E-state index in [1.807, 2.05) is 0 Å². The van der Waals surface area contributed by atoms with E-state index in [0.29, 0.717) is 0 Å². The van der Waals surface area contributed by atoms with Crippen LogP contribution in [0.25, 0.3) is 0 Å². The molecule has 0 fully saturated rings. The van der Waals surface area contributed by atoms with E-state index in [4.69, 9.17) is 21.7 Å². The van der Waals surface area contributed by atoms with Crippen LogP contribution in [0.4, 0.5) is 0 Å². The molecule has 4 nitrogen and oxygen atoms in total. The standard InChI is InChI=1S/C4H12N2O2/c1-4(5,6)2-3(7)8/h3,7-8H,2,5-6H2,1H3. The minimum absolute atomic E-state index is 0.00694. The van der Waals surface area contributed by atoms with Gasteiger partial charge in [-0.15, -0.1) is 0 Å². The van der Waals surface area contributed by atoms with Crippen LogP contribution in [-0.2, 0) is 0 Å². The maximum absolute atomic E-state index is 8.28. The van der Waals surface area contributed by atoms with E-state index in [1.165, 1.54) is 6.92 Å². The summed E-state index contributed by atoms with van der Waals surface area (Å²) in [7, 11) is 0. The van der Waals surface area contributed by atoms with Crippen LogP contribution in [0, 0.1) is 0 Å². The molecule has 0 aromatic carbocycles. The molecular weight excluding hydrogens is 108 g/mol. The molecule has 0 aliphatic rings. The molecule has 0 heterocycles. The highest BCUT2D eigenvalue weighted by Crippen LogP contribution is 1.97. The molecule has 0 bridgehead atoms. The van der Waals surface area contributed by atoms with Gasteiger partial charge in [-0.2, -0.15) is 0 Å². The molecule has 50 valence electrons. The van der Waals surface area contributed by atoms with Crippen LogP contribution in [0.5, 0.6) is 0 Å². The second-order valence-electron chi connectivity index (χ2n) is 2.19. The number of hydrogen-bond donors (Lipinski definition) is 4. The number of rotatable bonds is 2. The summed E-state index contributed by atoms with van der Waals surface area (Å²) < 4.78 is 0. The molecule has 0 radical (unpaired) electrons. The molecular formula is C4H12N2O2. The lowest BCUT2D eigenvalue weighted by Gasteiger charge is -2.18. The first-order chi connectivity index (χ1) is 3.42. The van der Waals surface area contributed by atoms with Crippen LogP contribution in [0.15, 0.2) is 0 Å². The average Bonchev–Trinajstić information content (AvgIpc) is 1.21. The van der Waals surface area contributed by atoms with Gasteiger partial charge >= 0.3 is 0 Å². The van der Waals surface area contributed by atoms with Crippen LogP contribution in [0.1, 0.15) is 13.3 Å². The van der Waals surface area contributed by atoms with Crippen molar-refractivity contribution in [2.24, 2.45) is 11.5 Å². The summed E-state index contributed by atoms with van der Waals surface area (Å²) in [5, 5.41) is 16.6. The Bertz CT molecular complexity index is 66.9. The minimum atomic E-state index is -1.41. The fourth-order valence-electron chi connectivity index (χ4n) is 0.393. The Morgan fingerprint density at radius 2 is 1.88 bits per heavy atom. The summed E-state index contributed by atoms with van der Waals surface area (Å²) >= 11 is 0. The summed E-state index contributed by atoms with van der Waals surface area (Å²) in [6.07, 6.45) is -1.41. The Hall–Kier alpha value is -0.160. The summed E-state index contributed by atoms with van der Waals surface area (Å²) in [5.41, 5.74) is 9.41. The fourth-order valence-corrected chi connectivity index (χ4v) is 0.393. The molecule has 0 rings (SSSR count). The van der Waals surface area contributed by atoms with E-state index in [9.17, 15) is 0 Å². The van der Waals surface area contributed by atoms with Gasteiger partial charge in [-0.25, -0.2) is 0 Å². The van der Waals surface area contributed by atoms with Crippen LogP contribution in [-0.4, -0.2) is 22.2 Å². The van der Waals surface area contributed by atoms with Gasteiger partial charge in [0.05, 0.1) is 5.66 Å². The van der Waals surface area contributed by atoms with Gasteiger partial charge in [0.25, 0.3) is 0 Å². The molecule has 8 heavy (non-hydrogen) atoms. The largest absolute Gasteiger partial charge is 0.368 e. The van der Waals surface area contributed by atoms with Crippen LogP contribution in [0.3, 0.4) is 0 Å². The van der Waals surface area contributed by atoms with E-state index in [1.54, 1.807) is 0 Å². The quantitative estimate of drug-likeness (QED) is 0.327. The lowest BCUT2D eigenvalue weighted by Crippen LogP contribution is -2.48. The predicted molar refractivity (Wildman–Crippen MR) is 29.6 cm³/mol. The average molecular weight is 120 g/mol. The van der Waals surface area contributed by atoms with Gasteiger partial charge in [0.2, 0.25) is 0 Å². The number of nitrogens with two attached hydrogens (primary N) is 2. The van der Waals surface area contributed by atoms with Gasteiger partial charge in [0.1, 0.15) is 0 Å². The molecule has 4 heteroatoms. The second-order valence-corrected chi connectivity index (χ2v) is 2.19. The Morgan fingerprint density at radius 1 is 1.50 bits per heavy atom. The molecule has 6 N–H and O–H groups in total. The summed E-state index contributed by atoms with van der Waals surface area (Å²) in [6.45, 7) is 1.52. The van der Waals surface area contributed by atoms with Crippen molar-refractivity contribution in [2.75, 3.05) is 0 Å². The second kappa shape index (κ2) is 2.41. The molecule has 0 spiro atoms. The third-order valence-corrected chi connectivity index (χ3v) is 0.622. The highest BCUT2D eigenvalue weighted by Gasteiger charge is 2.14. The van der Waals surface area contributed by atoms with E-state index in [-0.39, 0.29) is 6.42 Å². The normalized spacial score (nSPS) is 12.8. The maximum Gasteiger partial charge on any atom is 0.154 e. The molecule has 0 saturated heterocycles. The van der Waals surface area contributed by atoms with Crippen molar-refractivity contribution < 1.29 is 10.2 Å². The maximum atomic E-state index is 8.28. The monoisotopic (exact) mass is 120 g/mol. The fraction of sp³-hybridized carbons (Fsp3) is 1.00. The highest BCUT2D eigenvalue weighted by atomic mass is 16.5. The van der Waals surface area contributed by atoms with E-state index in [2.05, 4.69) is 0 Å². The molecule has 0 aromatic rings. The number of aliphatic hydroxyl groups is 2. The molecule has 0 saturated carbocycles. The molecule has 0 amide bonds. The molecule has 0 unspecified atom stereocenters. The Morgan fingerprint density at radius 3 is 1.88 bits per heavy atom. The molecule has 0 atom stereocenters. The van der Waals surface area contributed by atoms with Crippen LogP contribution < -0.4 is 11.5 Å². The Balaban J connectivity index is 3.39. The van der Waals surface area contributed by atoms with Crippen LogP contribution in [0.2, 0.25) is 0 Å². The minimum Gasteiger partial charge on any atom is -0.368 e. The first-order valence-electron chi connectivity index (χ1n) is 2.36. The first kappa shape index (κ1) is 7.84. The smallest absolute Gasteiger partial charge is 0.154 e. The van der Waals surface area contributed by atoms with Crippen molar-refractivity contribution >= 4 is 0 Å². The predicted octanol–water partition coefficient (Wildman–Crippen LogP) is -1.68. The van der Waals surface area contributed by atoms with Crippen molar-refractivity contribution in [3.63, 3.8) is 0 Å². The van der Waals surface area contributed by atoms with E-state index >= 15 is 0 Å². The van der Waals surface area contributed by atoms with Gasteiger partial charge in [0.15, 0.2) is 6.29 Å². The zero-order valence-corrected chi connectivity index (χ0v) is 4.83. The number of aliphatic hydroxyl groups excluding tert-OH is 1.